The summed E-state index contributed by atoms with van der Waals surface area (Å²) in [6.45, 7) is 8.20. The molecule has 1 aliphatic rings. The minimum absolute atomic E-state index is 0.197. The number of likely N-dealkylation sites (tertiary alicyclic amines) is 1. The molecular formula is C18H24N2O. The van der Waals surface area contributed by atoms with Gasteiger partial charge in [-0.3, -0.25) is 9.69 Å². The maximum atomic E-state index is 12.8. The SMILES string of the molecule is Cc1ccc2[nH]c(C)c(CN3CCCC[C@H]3C)c(=O)c2c1. The molecule has 0 unspecified atom stereocenters. The standard InChI is InChI=1S/C18H24N2O/c1-12-7-8-17-15(10-12)18(21)16(14(3)19-17)11-20-9-5-4-6-13(20)2/h7-8,10,13H,4-6,9,11H2,1-3H3,(H,19,21)/t13-/m1/s1. The van der Waals surface area contributed by atoms with Crippen molar-refractivity contribution in [2.24, 2.45) is 0 Å². The van der Waals surface area contributed by atoms with Gasteiger partial charge in [-0.2, -0.15) is 0 Å². The fourth-order valence-electron chi connectivity index (χ4n) is 3.35. The lowest BCUT2D eigenvalue weighted by molar-refractivity contribution is 0.152. The molecule has 21 heavy (non-hydrogen) atoms. The molecule has 2 aromatic rings. The molecular weight excluding hydrogens is 260 g/mol. The highest BCUT2D eigenvalue weighted by Gasteiger charge is 2.20. The summed E-state index contributed by atoms with van der Waals surface area (Å²) in [7, 11) is 0. The Morgan fingerprint density at radius 1 is 1.29 bits per heavy atom. The average Bonchev–Trinajstić information content (AvgIpc) is 2.46. The molecule has 1 aromatic carbocycles. The zero-order valence-electron chi connectivity index (χ0n) is 13.2. The van der Waals surface area contributed by atoms with Gasteiger partial charge in [-0.25, -0.2) is 0 Å². The van der Waals surface area contributed by atoms with Crippen LogP contribution < -0.4 is 5.43 Å². The number of fused-ring (bicyclic) bond motifs is 1. The van der Waals surface area contributed by atoms with E-state index in [-0.39, 0.29) is 5.43 Å². The molecule has 2 heterocycles. The topological polar surface area (TPSA) is 36.1 Å². The molecule has 1 fully saturated rings. The van der Waals surface area contributed by atoms with Crippen LogP contribution >= 0.6 is 0 Å². The Hall–Kier alpha value is -1.61. The highest BCUT2D eigenvalue weighted by Crippen LogP contribution is 2.20. The van der Waals surface area contributed by atoms with Crippen molar-refractivity contribution in [3.05, 3.63) is 45.2 Å². The van der Waals surface area contributed by atoms with Gasteiger partial charge in [-0.1, -0.05) is 18.1 Å². The summed E-state index contributed by atoms with van der Waals surface area (Å²) in [6, 6.07) is 6.62. The Bertz CT molecular complexity index is 717. The van der Waals surface area contributed by atoms with Gasteiger partial charge in [0.25, 0.3) is 0 Å². The molecule has 1 aromatic heterocycles. The monoisotopic (exact) mass is 284 g/mol. The van der Waals surface area contributed by atoms with E-state index < -0.39 is 0 Å². The zero-order valence-corrected chi connectivity index (χ0v) is 13.2. The van der Waals surface area contributed by atoms with Gasteiger partial charge in [0.15, 0.2) is 5.43 Å². The fourth-order valence-corrected chi connectivity index (χ4v) is 3.35. The number of nitrogens with one attached hydrogen (secondary N) is 1. The second kappa shape index (κ2) is 5.64. The molecule has 1 atom stereocenters. The highest BCUT2D eigenvalue weighted by atomic mass is 16.1. The summed E-state index contributed by atoms with van der Waals surface area (Å²) < 4.78 is 0. The second-order valence-electron chi connectivity index (χ2n) is 6.42. The van der Waals surface area contributed by atoms with E-state index in [9.17, 15) is 4.79 Å². The van der Waals surface area contributed by atoms with Crippen LogP contribution in [0.4, 0.5) is 0 Å². The Kier molecular flexibility index (Phi) is 3.85. The largest absolute Gasteiger partial charge is 0.358 e. The third-order valence-electron chi connectivity index (χ3n) is 4.77. The van der Waals surface area contributed by atoms with E-state index in [2.05, 4.69) is 16.8 Å². The predicted octanol–water partition coefficient (Wildman–Crippen LogP) is 3.52. The molecule has 3 nitrogen and oxygen atoms in total. The lowest BCUT2D eigenvalue weighted by atomic mass is 10.0. The Labute approximate surface area is 126 Å². The minimum atomic E-state index is 0.197. The van der Waals surface area contributed by atoms with Crippen LogP contribution in [-0.4, -0.2) is 22.5 Å². The van der Waals surface area contributed by atoms with Crippen molar-refractivity contribution >= 4 is 10.9 Å². The van der Waals surface area contributed by atoms with E-state index in [0.29, 0.717) is 6.04 Å². The van der Waals surface area contributed by atoms with Crippen LogP contribution in [0.3, 0.4) is 0 Å². The summed E-state index contributed by atoms with van der Waals surface area (Å²) in [5.74, 6) is 0. The molecule has 1 N–H and O–H groups in total. The van der Waals surface area contributed by atoms with Gasteiger partial charge in [0, 0.05) is 34.7 Å². The number of H-pyrrole nitrogens is 1. The van der Waals surface area contributed by atoms with Gasteiger partial charge >= 0.3 is 0 Å². The van der Waals surface area contributed by atoms with Crippen LogP contribution in [0.1, 0.15) is 43.0 Å². The molecule has 1 aliphatic heterocycles. The van der Waals surface area contributed by atoms with Gasteiger partial charge in [0.2, 0.25) is 0 Å². The lowest BCUT2D eigenvalue weighted by Gasteiger charge is -2.33. The quantitative estimate of drug-likeness (QED) is 0.916. The summed E-state index contributed by atoms with van der Waals surface area (Å²) in [6.07, 6.45) is 3.79. The van der Waals surface area contributed by atoms with E-state index in [1.807, 2.05) is 32.0 Å². The molecule has 3 rings (SSSR count). The van der Waals surface area contributed by atoms with E-state index >= 15 is 0 Å². The molecule has 1 saturated heterocycles. The smallest absolute Gasteiger partial charge is 0.194 e. The first kappa shape index (κ1) is 14.3. The normalized spacial score (nSPS) is 20.0. The molecule has 0 amide bonds. The van der Waals surface area contributed by atoms with Crippen LogP contribution in [0, 0.1) is 13.8 Å². The number of pyridine rings is 1. The van der Waals surface area contributed by atoms with Crippen LogP contribution in [0.2, 0.25) is 0 Å². The number of aromatic amines is 1. The Morgan fingerprint density at radius 2 is 2.10 bits per heavy atom. The third kappa shape index (κ3) is 2.75. The van der Waals surface area contributed by atoms with E-state index in [4.69, 9.17) is 0 Å². The lowest BCUT2D eigenvalue weighted by Crippen LogP contribution is -2.38. The van der Waals surface area contributed by atoms with Gasteiger partial charge < -0.3 is 4.98 Å². The number of benzene rings is 1. The Balaban J connectivity index is 2.03. The van der Waals surface area contributed by atoms with Crippen molar-refractivity contribution in [3.8, 4) is 0 Å². The number of nitrogens with zero attached hydrogens (tertiary/aromatic N) is 1. The van der Waals surface area contributed by atoms with Crippen molar-refractivity contribution in [2.75, 3.05) is 6.54 Å². The number of hydrogen-bond donors (Lipinski definition) is 1. The van der Waals surface area contributed by atoms with Crippen molar-refractivity contribution in [1.82, 2.24) is 9.88 Å². The van der Waals surface area contributed by atoms with Crippen molar-refractivity contribution in [2.45, 2.75) is 52.6 Å². The average molecular weight is 284 g/mol. The first-order chi connectivity index (χ1) is 10.1. The summed E-state index contributed by atoms with van der Waals surface area (Å²) in [5, 5.41) is 0.820. The summed E-state index contributed by atoms with van der Waals surface area (Å²) in [4.78, 5) is 18.7. The first-order valence-corrected chi connectivity index (χ1v) is 7.92. The molecule has 0 radical (unpaired) electrons. The molecule has 3 heteroatoms. The first-order valence-electron chi connectivity index (χ1n) is 7.92. The van der Waals surface area contributed by atoms with Crippen LogP contribution in [0.25, 0.3) is 10.9 Å². The van der Waals surface area contributed by atoms with Crippen molar-refractivity contribution in [1.29, 1.82) is 0 Å². The minimum Gasteiger partial charge on any atom is -0.358 e. The van der Waals surface area contributed by atoms with E-state index in [1.54, 1.807) is 0 Å². The number of piperidine rings is 1. The van der Waals surface area contributed by atoms with Crippen LogP contribution in [0.5, 0.6) is 0 Å². The maximum absolute atomic E-state index is 12.8. The van der Waals surface area contributed by atoms with Gasteiger partial charge in [-0.05, 0) is 52.3 Å². The zero-order chi connectivity index (χ0) is 15.0. The van der Waals surface area contributed by atoms with Crippen LogP contribution in [-0.2, 0) is 6.54 Å². The van der Waals surface area contributed by atoms with Crippen molar-refractivity contribution < 1.29 is 0 Å². The fraction of sp³-hybridized carbons (Fsp3) is 0.500. The molecule has 0 aliphatic carbocycles. The molecule has 0 bridgehead atoms. The highest BCUT2D eigenvalue weighted by molar-refractivity contribution is 5.80. The number of rotatable bonds is 2. The number of aryl methyl sites for hydroxylation is 2. The third-order valence-corrected chi connectivity index (χ3v) is 4.77. The van der Waals surface area contributed by atoms with Gasteiger partial charge in [-0.15, -0.1) is 0 Å². The van der Waals surface area contributed by atoms with E-state index in [1.165, 1.54) is 19.3 Å². The van der Waals surface area contributed by atoms with Gasteiger partial charge in [0.05, 0.1) is 0 Å². The summed E-state index contributed by atoms with van der Waals surface area (Å²) >= 11 is 0. The predicted molar refractivity (Wildman–Crippen MR) is 87.8 cm³/mol. The second-order valence-corrected chi connectivity index (χ2v) is 6.42. The van der Waals surface area contributed by atoms with Gasteiger partial charge in [0.1, 0.15) is 0 Å². The summed E-state index contributed by atoms with van der Waals surface area (Å²) in [5.41, 5.74) is 4.21. The van der Waals surface area contributed by atoms with Crippen molar-refractivity contribution in [3.63, 3.8) is 0 Å². The van der Waals surface area contributed by atoms with E-state index in [0.717, 1.165) is 40.8 Å². The van der Waals surface area contributed by atoms with Crippen LogP contribution in [0.15, 0.2) is 23.0 Å². The molecule has 0 saturated carbocycles. The molecule has 0 spiro atoms. The Morgan fingerprint density at radius 3 is 2.86 bits per heavy atom. The molecule has 112 valence electrons. The maximum Gasteiger partial charge on any atom is 0.194 e. The number of hydrogen-bond acceptors (Lipinski definition) is 2. The number of aromatic nitrogens is 1.